The van der Waals surface area contributed by atoms with E-state index in [2.05, 4.69) is 10.1 Å². The van der Waals surface area contributed by atoms with Gasteiger partial charge in [0.2, 0.25) is 5.91 Å². The number of carbonyl (C=O) groups excluding carboxylic acids is 2. The van der Waals surface area contributed by atoms with Crippen LogP contribution in [0, 0.1) is 13.8 Å². The molecule has 0 saturated heterocycles. The minimum atomic E-state index is -0.574. The first kappa shape index (κ1) is 14.0. The highest BCUT2D eigenvalue weighted by Crippen LogP contribution is 2.27. The van der Waals surface area contributed by atoms with Crippen molar-refractivity contribution in [3.05, 3.63) is 23.3 Å². The maximum Gasteiger partial charge on any atom is 0.315 e. The van der Waals surface area contributed by atoms with Crippen LogP contribution in [0.1, 0.15) is 17.5 Å². The highest BCUT2D eigenvalue weighted by molar-refractivity contribution is 6.02. The summed E-state index contributed by atoms with van der Waals surface area (Å²) in [6.45, 7) is 3.89. The van der Waals surface area contributed by atoms with E-state index in [9.17, 15) is 9.59 Å². The van der Waals surface area contributed by atoms with Crippen LogP contribution in [-0.2, 0) is 14.3 Å². The van der Waals surface area contributed by atoms with E-state index < -0.39 is 11.9 Å². The number of aryl methyl sites for hydroxylation is 2. The van der Waals surface area contributed by atoms with Gasteiger partial charge in [0, 0.05) is 0 Å². The van der Waals surface area contributed by atoms with Crippen molar-refractivity contribution in [1.29, 1.82) is 0 Å². The second-order valence-electron chi connectivity index (χ2n) is 3.94. The predicted octanol–water partition coefficient (Wildman–Crippen LogP) is 1.81. The van der Waals surface area contributed by atoms with Crippen LogP contribution < -0.4 is 10.1 Å². The molecule has 5 nitrogen and oxygen atoms in total. The number of carbonyl (C=O) groups is 2. The first-order valence-corrected chi connectivity index (χ1v) is 5.49. The molecule has 5 heteroatoms. The molecule has 0 heterocycles. The van der Waals surface area contributed by atoms with E-state index in [-0.39, 0.29) is 6.42 Å². The van der Waals surface area contributed by atoms with E-state index in [1.54, 1.807) is 0 Å². The van der Waals surface area contributed by atoms with E-state index in [0.29, 0.717) is 11.4 Å². The number of ether oxygens (including phenoxy) is 2. The van der Waals surface area contributed by atoms with Crippen LogP contribution in [0.5, 0.6) is 5.75 Å². The first-order chi connectivity index (χ1) is 8.47. The minimum absolute atomic E-state index is 0.313. The molecule has 0 spiro atoms. The topological polar surface area (TPSA) is 64.6 Å². The lowest BCUT2D eigenvalue weighted by atomic mass is 10.1. The van der Waals surface area contributed by atoms with Crippen molar-refractivity contribution in [3.8, 4) is 5.75 Å². The average molecular weight is 251 g/mol. The molecule has 0 atom stereocenters. The number of nitrogens with one attached hydrogen (secondary N) is 1. The van der Waals surface area contributed by atoms with Crippen LogP contribution in [0.2, 0.25) is 0 Å². The monoisotopic (exact) mass is 251 g/mol. The number of amides is 1. The lowest BCUT2D eigenvalue weighted by molar-refractivity contribution is -0.142. The second kappa shape index (κ2) is 6.05. The zero-order chi connectivity index (χ0) is 13.7. The van der Waals surface area contributed by atoms with Crippen molar-refractivity contribution < 1.29 is 19.1 Å². The number of rotatable bonds is 4. The molecule has 0 bridgehead atoms. The van der Waals surface area contributed by atoms with E-state index in [1.807, 2.05) is 26.0 Å². The summed E-state index contributed by atoms with van der Waals surface area (Å²) in [5.74, 6) is -0.435. The van der Waals surface area contributed by atoms with Crippen molar-refractivity contribution in [2.75, 3.05) is 19.5 Å². The Morgan fingerprint density at radius 3 is 2.33 bits per heavy atom. The average Bonchev–Trinajstić information content (AvgIpc) is 2.33. The fourth-order valence-electron chi connectivity index (χ4n) is 1.45. The number of methoxy groups -OCH3 is 2. The third-order valence-corrected chi connectivity index (χ3v) is 2.62. The summed E-state index contributed by atoms with van der Waals surface area (Å²) in [5.41, 5.74) is 2.65. The minimum Gasteiger partial charge on any atom is -0.495 e. The molecule has 1 rings (SSSR count). The summed E-state index contributed by atoms with van der Waals surface area (Å²) >= 11 is 0. The van der Waals surface area contributed by atoms with Crippen LogP contribution in [0.25, 0.3) is 0 Å². The number of anilines is 1. The zero-order valence-electron chi connectivity index (χ0n) is 11.0. The van der Waals surface area contributed by atoms with Crippen molar-refractivity contribution in [3.63, 3.8) is 0 Å². The molecule has 0 aromatic heterocycles. The number of hydrogen-bond acceptors (Lipinski definition) is 4. The van der Waals surface area contributed by atoms with E-state index in [4.69, 9.17) is 4.74 Å². The molecule has 1 aromatic carbocycles. The summed E-state index contributed by atoms with van der Waals surface area (Å²) in [7, 11) is 2.77. The summed E-state index contributed by atoms with van der Waals surface area (Å²) < 4.78 is 9.61. The molecule has 98 valence electrons. The third-order valence-electron chi connectivity index (χ3n) is 2.62. The summed E-state index contributed by atoms with van der Waals surface area (Å²) in [6, 6.07) is 3.65. The molecule has 0 aliphatic carbocycles. The molecular weight excluding hydrogens is 234 g/mol. The smallest absolute Gasteiger partial charge is 0.315 e. The third kappa shape index (κ3) is 3.48. The van der Waals surface area contributed by atoms with E-state index in [1.165, 1.54) is 14.2 Å². The highest BCUT2D eigenvalue weighted by atomic mass is 16.5. The van der Waals surface area contributed by atoms with Crippen LogP contribution in [0.3, 0.4) is 0 Å². The van der Waals surface area contributed by atoms with Gasteiger partial charge in [0.05, 0.1) is 19.9 Å². The second-order valence-corrected chi connectivity index (χ2v) is 3.94. The van der Waals surface area contributed by atoms with Gasteiger partial charge in [0.1, 0.15) is 12.2 Å². The fourth-order valence-corrected chi connectivity index (χ4v) is 1.45. The number of benzene rings is 1. The van der Waals surface area contributed by atoms with Gasteiger partial charge in [-0.1, -0.05) is 0 Å². The Morgan fingerprint density at radius 2 is 1.78 bits per heavy atom. The fraction of sp³-hybridized carbons (Fsp3) is 0.385. The van der Waals surface area contributed by atoms with Gasteiger partial charge in [-0.3, -0.25) is 9.59 Å². The SMILES string of the molecule is COC(=O)CC(=O)Nc1cc(C)c(C)cc1OC. The zero-order valence-corrected chi connectivity index (χ0v) is 11.0. The van der Waals surface area contributed by atoms with Gasteiger partial charge in [-0.2, -0.15) is 0 Å². The number of hydrogen-bond donors (Lipinski definition) is 1. The summed E-state index contributed by atoms with van der Waals surface area (Å²) in [6.07, 6.45) is -0.313. The Labute approximate surface area is 106 Å². The van der Waals surface area contributed by atoms with Crippen molar-refractivity contribution >= 4 is 17.6 Å². The maximum absolute atomic E-state index is 11.6. The Bertz CT molecular complexity index is 468. The molecule has 0 unspecified atom stereocenters. The van der Waals surface area contributed by atoms with Crippen LogP contribution >= 0.6 is 0 Å². The van der Waals surface area contributed by atoms with Gasteiger partial charge in [0.25, 0.3) is 0 Å². The highest BCUT2D eigenvalue weighted by Gasteiger charge is 2.13. The van der Waals surface area contributed by atoms with Gasteiger partial charge in [-0.05, 0) is 37.1 Å². The summed E-state index contributed by atoms with van der Waals surface area (Å²) in [5, 5.41) is 2.63. The molecule has 1 N–H and O–H groups in total. The Balaban J connectivity index is 2.86. The van der Waals surface area contributed by atoms with Gasteiger partial charge in [-0.15, -0.1) is 0 Å². The molecular formula is C13H17NO4. The van der Waals surface area contributed by atoms with Gasteiger partial charge in [-0.25, -0.2) is 0 Å². The van der Waals surface area contributed by atoms with Gasteiger partial charge in [0.15, 0.2) is 0 Å². The first-order valence-electron chi connectivity index (χ1n) is 5.49. The Kier molecular flexibility index (Phi) is 4.71. The maximum atomic E-state index is 11.6. The predicted molar refractivity (Wildman–Crippen MR) is 67.7 cm³/mol. The van der Waals surface area contributed by atoms with Crippen LogP contribution in [0.4, 0.5) is 5.69 Å². The lowest BCUT2D eigenvalue weighted by Crippen LogP contribution is -2.17. The van der Waals surface area contributed by atoms with Crippen molar-refractivity contribution in [1.82, 2.24) is 0 Å². The van der Waals surface area contributed by atoms with Crippen molar-refractivity contribution in [2.24, 2.45) is 0 Å². The van der Waals surface area contributed by atoms with E-state index in [0.717, 1.165) is 11.1 Å². The molecule has 1 aromatic rings. The quantitative estimate of drug-likeness (QED) is 0.654. The number of esters is 1. The normalized spacial score (nSPS) is 9.78. The molecule has 0 aliphatic heterocycles. The lowest BCUT2D eigenvalue weighted by Gasteiger charge is -2.12. The van der Waals surface area contributed by atoms with Gasteiger partial charge >= 0.3 is 5.97 Å². The molecule has 0 radical (unpaired) electrons. The van der Waals surface area contributed by atoms with Crippen molar-refractivity contribution in [2.45, 2.75) is 20.3 Å². The van der Waals surface area contributed by atoms with Crippen LogP contribution in [-0.4, -0.2) is 26.1 Å². The van der Waals surface area contributed by atoms with Gasteiger partial charge < -0.3 is 14.8 Å². The Morgan fingerprint density at radius 1 is 1.17 bits per heavy atom. The molecule has 18 heavy (non-hydrogen) atoms. The largest absolute Gasteiger partial charge is 0.495 e. The van der Waals surface area contributed by atoms with Crippen LogP contribution in [0.15, 0.2) is 12.1 Å². The Hall–Kier alpha value is -2.04. The molecule has 0 aliphatic rings. The standard InChI is InChI=1S/C13H17NO4/c1-8-5-10(11(17-3)6-9(8)2)14-12(15)7-13(16)18-4/h5-6H,7H2,1-4H3,(H,14,15). The molecule has 0 fully saturated rings. The molecule has 0 saturated carbocycles. The molecule has 1 amide bonds. The van der Waals surface area contributed by atoms with E-state index >= 15 is 0 Å². The summed E-state index contributed by atoms with van der Waals surface area (Å²) in [4.78, 5) is 22.6.